The Morgan fingerprint density at radius 2 is 2.19 bits per heavy atom. The van der Waals surface area contributed by atoms with Crippen LogP contribution in [0.25, 0.3) is 4.96 Å². The van der Waals surface area contributed by atoms with Gasteiger partial charge < -0.3 is 5.32 Å². The van der Waals surface area contributed by atoms with Crippen LogP contribution in [0.5, 0.6) is 0 Å². The fraction of sp³-hybridized carbons (Fsp3) is 0.615. The van der Waals surface area contributed by atoms with Crippen LogP contribution in [-0.2, 0) is 10.0 Å². The number of nitrogens with zero attached hydrogens (tertiary/aromatic N) is 3. The zero-order chi connectivity index (χ0) is 15.3. The molecule has 2 aromatic heterocycles. The van der Waals surface area contributed by atoms with Crippen molar-refractivity contribution in [1.29, 1.82) is 0 Å². The van der Waals surface area contributed by atoms with Gasteiger partial charge in [0, 0.05) is 31.7 Å². The molecule has 1 aliphatic rings. The second kappa shape index (κ2) is 4.96. The molecular weight excluding hydrogens is 308 g/mol. The Balaban J connectivity index is 2.09. The van der Waals surface area contributed by atoms with Crippen molar-refractivity contribution < 1.29 is 8.42 Å². The zero-order valence-corrected chi connectivity index (χ0v) is 14.1. The monoisotopic (exact) mass is 328 g/mol. The number of rotatable bonds is 3. The van der Waals surface area contributed by atoms with Crippen LogP contribution in [0.15, 0.2) is 16.6 Å². The molecule has 1 saturated heterocycles. The Bertz CT molecular complexity index is 760. The van der Waals surface area contributed by atoms with Gasteiger partial charge in [-0.3, -0.25) is 4.40 Å². The summed E-state index contributed by atoms with van der Waals surface area (Å²) in [7, 11) is -1.85. The topological polar surface area (TPSA) is 66.7 Å². The molecule has 0 amide bonds. The average molecular weight is 328 g/mol. The highest BCUT2D eigenvalue weighted by Crippen LogP contribution is 2.34. The number of anilines is 1. The van der Waals surface area contributed by atoms with E-state index in [1.54, 1.807) is 22.0 Å². The zero-order valence-electron chi connectivity index (χ0n) is 12.5. The van der Waals surface area contributed by atoms with E-state index in [1.807, 2.05) is 5.38 Å². The van der Waals surface area contributed by atoms with Crippen molar-refractivity contribution in [3.8, 4) is 0 Å². The third-order valence-electron chi connectivity index (χ3n) is 3.90. The predicted molar refractivity (Wildman–Crippen MR) is 84.4 cm³/mol. The van der Waals surface area contributed by atoms with Gasteiger partial charge in [0.1, 0.15) is 0 Å². The number of hydrogen-bond acceptors (Lipinski definition) is 5. The highest BCUT2D eigenvalue weighted by Gasteiger charge is 2.37. The minimum atomic E-state index is -3.55. The van der Waals surface area contributed by atoms with Gasteiger partial charge in [0.25, 0.3) is 10.0 Å². The first kappa shape index (κ1) is 14.8. The number of aromatic nitrogens is 2. The third kappa shape index (κ3) is 2.45. The number of fused-ring (bicyclic) bond motifs is 1. The van der Waals surface area contributed by atoms with Gasteiger partial charge in [-0.2, -0.15) is 4.31 Å². The van der Waals surface area contributed by atoms with Crippen molar-refractivity contribution in [2.24, 2.45) is 5.41 Å². The molecule has 21 heavy (non-hydrogen) atoms. The summed E-state index contributed by atoms with van der Waals surface area (Å²) >= 11 is 1.43. The van der Waals surface area contributed by atoms with Crippen molar-refractivity contribution in [1.82, 2.24) is 13.7 Å². The normalized spacial score (nSPS) is 20.0. The van der Waals surface area contributed by atoms with E-state index in [2.05, 4.69) is 24.1 Å². The number of hydrogen-bond donors (Lipinski definition) is 1. The molecule has 0 bridgehead atoms. The molecule has 3 rings (SSSR count). The SMILES string of the molecule is CNc1nc2sccn2c1S(=O)(=O)N1CCCC(C)(C)C1. The molecule has 1 aliphatic heterocycles. The average Bonchev–Trinajstić information content (AvgIpc) is 2.96. The number of nitrogens with one attached hydrogen (secondary N) is 1. The second-order valence-corrected chi connectivity index (χ2v) is 8.90. The van der Waals surface area contributed by atoms with E-state index < -0.39 is 10.0 Å². The molecule has 8 heteroatoms. The lowest BCUT2D eigenvalue weighted by molar-refractivity contribution is 0.186. The minimum absolute atomic E-state index is 0.0174. The second-order valence-electron chi connectivity index (χ2n) is 6.18. The molecule has 1 N–H and O–H groups in total. The number of sulfonamides is 1. The lowest BCUT2D eigenvalue weighted by atomic mass is 9.85. The summed E-state index contributed by atoms with van der Waals surface area (Å²) in [4.78, 5) is 5.04. The Morgan fingerprint density at radius 3 is 2.86 bits per heavy atom. The number of imidazole rings is 1. The van der Waals surface area contributed by atoms with E-state index in [1.165, 1.54) is 11.3 Å². The molecule has 3 heterocycles. The van der Waals surface area contributed by atoms with E-state index in [0.717, 1.165) is 12.8 Å². The standard InChI is InChI=1S/C13H20N4O2S2/c1-13(2)5-4-6-16(9-13)21(18,19)11-10(14-3)15-12-17(11)7-8-20-12/h7-8,14H,4-6,9H2,1-3H3. The molecule has 2 aromatic rings. The molecule has 0 spiro atoms. The van der Waals surface area contributed by atoms with Crippen molar-refractivity contribution in [3.63, 3.8) is 0 Å². The molecule has 0 aliphatic carbocycles. The lowest BCUT2D eigenvalue weighted by Gasteiger charge is -2.37. The maximum Gasteiger partial charge on any atom is 0.262 e. The first-order valence-electron chi connectivity index (χ1n) is 6.99. The highest BCUT2D eigenvalue weighted by molar-refractivity contribution is 7.89. The Labute approximate surface area is 128 Å². The van der Waals surface area contributed by atoms with E-state index in [-0.39, 0.29) is 10.4 Å². The molecule has 0 aromatic carbocycles. The van der Waals surface area contributed by atoms with Gasteiger partial charge >= 0.3 is 0 Å². The molecule has 0 saturated carbocycles. The van der Waals surface area contributed by atoms with E-state index in [9.17, 15) is 8.42 Å². The Kier molecular flexibility index (Phi) is 3.50. The summed E-state index contributed by atoms with van der Waals surface area (Å²) in [6.45, 7) is 5.36. The molecule has 0 unspecified atom stereocenters. The fourth-order valence-corrected chi connectivity index (χ4v) is 5.56. The summed E-state index contributed by atoms with van der Waals surface area (Å²) in [6.07, 6.45) is 3.71. The molecule has 116 valence electrons. The van der Waals surface area contributed by atoms with Crippen molar-refractivity contribution in [2.75, 3.05) is 25.5 Å². The predicted octanol–water partition coefficient (Wildman–Crippen LogP) is 2.25. The summed E-state index contributed by atoms with van der Waals surface area (Å²) in [5.41, 5.74) is 0.0174. The van der Waals surface area contributed by atoms with Crippen LogP contribution in [0.2, 0.25) is 0 Å². The Hall–Kier alpha value is -1.12. The first-order chi connectivity index (χ1) is 9.85. The van der Waals surface area contributed by atoms with Crippen LogP contribution in [0.3, 0.4) is 0 Å². The van der Waals surface area contributed by atoms with Gasteiger partial charge in [0.05, 0.1) is 0 Å². The smallest absolute Gasteiger partial charge is 0.262 e. The van der Waals surface area contributed by atoms with Gasteiger partial charge in [-0.25, -0.2) is 13.4 Å². The fourth-order valence-electron chi connectivity index (χ4n) is 2.87. The molecule has 0 radical (unpaired) electrons. The largest absolute Gasteiger partial charge is 0.371 e. The summed E-state index contributed by atoms with van der Waals surface area (Å²) in [5, 5.41) is 5.00. The van der Waals surface area contributed by atoms with Crippen LogP contribution < -0.4 is 5.32 Å². The number of piperidine rings is 1. The van der Waals surface area contributed by atoms with Crippen molar-refractivity contribution >= 4 is 32.1 Å². The molecule has 6 nitrogen and oxygen atoms in total. The lowest BCUT2D eigenvalue weighted by Crippen LogP contribution is -2.43. The van der Waals surface area contributed by atoms with Crippen molar-refractivity contribution in [3.05, 3.63) is 11.6 Å². The highest BCUT2D eigenvalue weighted by atomic mass is 32.2. The Morgan fingerprint density at radius 1 is 1.43 bits per heavy atom. The summed E-state index contributed by atoms with van der Waals surface area (Å²) < 4.78 is 29.4. The summed E-state index contributed by atoms with van der Waals surface area (Å²) in [6, 6.07) is 0. The third-order valence-corrected chi connectivity index (χ3v) is 6.53. The van der Waals surface area contributed by atoms with Crippen LogP contribution in [0.1, 0.15) is 26.7 Å². The van der Waals surface area contributed by atoms with Crippen LogP contribution >= 0.6 is 11.3 Å². The van der Waals surface area contributed by atoms with E-state index in [0.29, 0.717) is 23.9 Å². The van der Waals surface area contributed by atoms with E-state index in [4.69, 9.17) is 0 Å². The van der Waals surface area contributed by atoms with Gasteiger partial charge in [-0.1, -0.05) is 13.8 Å². The number of thiazole rings is 1. The van der Waals surface area contributed by atoms with Crippen LogP contribution in [0.4, 0.5) is 5.82 Å². The van der Waals surface area contributed by atoms with E-state index >= 15 is 0 Å². The quantitative estimate of drug-likeness (QED) is 0.938. The maximum atomic E-state index is 13.1. The maximum absolute atomic E-state index is 13.1. The first-order valence-corrected chi connectivity index (χ1v) is 9.31. The van der Waals surface area contributed by atoms with Crippen molar-refractivity contribution in [2.45, 2.75) is 31.7 Å². The summed E-state index contributed by atoms with van der Waals surface area (Å²) in [5.74, 6) is 0.422. The van der Waals surface area contributed by atoms with Gasteiger partial charge in [-0.15, -0.1) is 11.3 Å². The minimum Gasteiger partial charge on any atom is -0.371 e. The van der Waals surface area contributed by atoms with Gasteiger partial charge in [0.15, 0.2) is 15.8 Å². The van der Waals surface area contributed by atoms with Crippen LogP contribution in [0, 0.1) is 5.41 Å². The molecule has 0 atom stereocenters. The van der Waals surface area contributed by atoms with Gasteiger partial charge in [0.2, 0.25) is 0 Å². The molecule has 1 fully saturated rings. The molecular formula is C13H20N4O2S2. The van der Waals surface area contributed by atoms with Crippen LogP contribution in [-0.4, -0.2) is 42.2 Å². The van der Waals surface area contributed by atoms with Gasteiger partial charge in [-0.05, 0) is 18.3 Å².